The second-order valence-electron chi connectivity index (χ2n) is 4.69. The summed E-state index contributed by atoms with van der Waals surface area (Å²) >= 11 is 0. The van der Waals surface area contributed by atoms with Crippen LogP contribution in [-0.4, -0.2) is 25.3 Å². The Morgan fingerprint density at radius 1 is 1.28 bits per heavy atom. The van der Waals surface area contributed by atoms with Gasteiger partial charge in [0.05, 0.1) is 20.6 Å². The average Bonchev–Trinajstić information content (AvgIpc) is 3.19. The molecule has 1 aliphatic carbocycles. The van der Waals surface area contributed by atoms with Crippen molar-refractivity contribution in [1.29, 1.82) is 0 Å². The summed E-state index contributed by atoms with van der Waals surface area (Å²) in [5.41, 5.74) is 0.996. The summed E-state index contributed by atoms with van der Waals surface area (Å²) in [5.74, 6) is 1.21. The minimum Gasteiger partial charge on any atom is -0.497 e. The summed E-state index contributed by atoms with van der Waals surface area (Å²) in [6.45, 7) is 0. The largest absolute Gasteiger partial charge is 0.497 e. The van der Waals surface area contributed by atoms with Crippen LogP contribution >= 0.6 is 0 Å². The first-order valence-electron chi connectivity index (χ1n) is 6.08. The molecule has 0 aromatic heterocycles. The number of ether oxygens (including phenoxy) is 2. The van der Waals surface area contributed by atoms with Gasteiger partial charge >= 0.3 is 5.97 Å². The molecule has 1 N–H and O–H groups in total. The van der Waals surface area contributed by atoms with Crippen LogP contribution in [0.1, 0.15) is 30.7 Å². The van der Waals surface area contributed by atoms with Crippen LogP contribution in [0, 0.1) is 5.92 Å². The number of carboxylic acid groups (broad SMARTS) is 1. The lowest BCUT2D eigenvalue weighted by atomic mass is 9.90. The van der Waals surface area contributed by atoms with Crippen LogP contribution in [0.15, 0.2) is 18.2 Å². The number of hydrogen-bond donors (Lipinski definition) is 1. The Morgan fingerprint density at radius 3 is 2.22 bits per heavy atom. The van der Waals surface area contributed by atoms with Gasteiger partial charge in [0.25, 0.3) is 0 Å². The highest BCUT2D eigenvalue weighted by Crippen LogP contribution is 2.45. The van der Waals surface area contributed by atoms with E-state index in [2.05, 4.69) is 0 Å². The van der Waals surface area contributed by atoms with Gasteiger partial charge in [0.2, 0.25) is 0 Å². The van der Waals surface area contributed by atoms with Gasteiger partial charge in [0.1, 0.15) is 11.5 Å². The molecule has 0 bridgehead atoms. The lowest BCUT2D eigenvalue weighted by Crippen LogP contribution is -2.08. The maximum atomic E-state index is 11.0. The fourth-order valence-corrected chi connectivity index (χ4v) is 2.29. The van der Waals surface area contributed by atoms with E-state index in [1.54, 1.807) is 20.3 Å². The molecule has 0 aliphatic heterocycles. The SMILES string of the molecule is COc1cc(OC)cc(C(CC(=O)O)C2CC2)c1. The number of methoxy groups -OCH3 is 2. The highest BCUT2D eigenvalue weighted by Gasteiger charge is 2.34. The summed E-state index contributed by atoms with van der Waals surface area (Å²) in [5, 5.41) is 9.01. The van der Waals surface area contributed by atoms with E-state index in [1.165, 1.54) is 0 Å². The van der Waals surface area contributed by atoms with Gasteiger partial charge in [-0.15, -0.1) is 0 Å². The van der Waals surface area contributed by atoms with E-state index in [1.807, 2.05) is 12.1 Å². The van der Waals surface area contributed by atoms with Crippen LogP contribution < -0.4 is 9.47 Å². The van der Waals surface area contributed by atoms with Crippen molar-refractivity contribution in [2.75, 3.05) is 14.2 Å². The lowest BCUT2D eigenvalue weighted by Gasteiger charge is -2.16. The van der Waals surface area contributed by atoms with Gasteiger partial charge in [0.15, 0.2) is 0 Å². The third-order valence-electron chi connectivity index (χ3n) is 3.39. The Morgan fingerprint density at radius 2 is 1.83 bits per heavy atom. The number of carboxylic acids is 1. The number of carbonyl (C=O) groups is 1. The van der Waals surface area contributed by atoms with E-state index in [4.69, 9.17) is 14.6 Å². The zero-order valence-corrected chi connectivity index (χ0v) is 10.7. The molecule has 0 amide bonds. The Bertz CT molecular complexity index is 415. The Balaban J connectivity index is 2.30. The highest BCUT2D eigenvalue weighted by atomic mass is 16.5. The molecule has 98 valence electrons. The van der Waals surface area contributed by atoms with Crippen LogP contribution in [0.5, 0.6) is 11.5 Å². The number of benzene rings is 1. The minimum atomic E-state index is -0.756. The molecule has 0 radical (unpaired) electrons. The first-order chi connectivity index (χ1) is 8.63. The van der Waals surface area contributed by atoms with Crippen molar-refractivity contribution < 1.29 is 19.4 Å². The maximum absolute atomic E-state index is 11.0. The molecule has 2 rings (SSSR count). The molecule has 1 saturated carbocycles. The molecule has 1 atom stereocenters. The van der Waals surface area contributed by atoms with E-state index in [0.29, 0.717) is 17.4 Å². The van der Waals surface area contributed by atoms with E-state index in [-0.39, 0.29) is 12.3 Å². The molecule has 1 fully saturated rings. The van der Waals surface area contributed by atoms with E-state index >= 15 is 0 Å². The monoisotopic (exact) mass is 250 g/mol. The molecule has 1 unspecified atom stereocenters. The molecule has 0 spiro atoms. The zero-order chi connectivity index (χ0) is 13.1. The van der Waals surface area contributed by atoms with Crippen molar-refractivity contribution in [2.45, 2.75) is 25.2 Å². The van der Waals surface area contributed by atoms with Crippen LogP contribution in [0.4, 0.5) is 0 Å². The van der Waals surface area contributed by atoms with Crippen molar-refractivity contribution in [2.24, 2.45) is 5.92 Å². The van der Waals surface area contributed by atoms with Crippen molar-refractivity contribution in [3.05, 3.63) is 23.8 Å². The molecule has 1 aliphatic rings. The Labute approximate surface area is 107 Å². The van der Waals surface area contributed by atoms with E-state index in [9.17, 15) is 4.79 Å². The second-order valence-corrected chi connectivity index (χ2v) is 4.69. The smallest absolute Gasteiger partial charge is 0.303 e. The molecule has 4 heteroatoms. The number of hydrogen-bond acceptors (Lipinski definition) is 3. The fraction of sp³-hybridized carbons (Fsp3) is 0.500. The quantitative estimate of drug-likeness (QED) is 0.843. The summed E-state index contributed by atoms with van der Waals surface area (Å²) < 4.78 is 10.5. The Kier molecular flexibility index (Phi) is 3.75. The zero-order valence-electron chi connectivity index (χ0n) is 10.7. The third-order valence-corrected chi connectivity index (χ3v) is 3.39. The normalized spacial score (nSPS) is 16.1. The van der Waals surface area contributed by atoms with Crippen LogP contribution in [0.25, 0.3) is 0 Å². The van der Waals surface area contributed by atoms with Gasteiger partial charge in [-0.3, -0.25) is 4.79 Å². The average molecular weight is 250 g/mol. The number of rotatable bonds is 6. The lowest BCUT2D eigenvalue weighted by molar-refractivity contribution is -0.137. The maximum Gasteiger partial charge on any atom is 0.303 e. The topological polar surface area (TPSA) is 55.8 Å². The molecule has 1 aromatic rings. The van der Waals surface area contributed by atoms with Gasteiger partial charge in [-0.25, -0.2) is 0 Å². The van der Waals surface area contributed by atoms with Gasteiger partial charge in [-0.2, -0.15) is 0 Å². The van der Waals surface area contributed by atoms with Gasteiger partial charge in [-0.05, 0) is 42.4 Å². The molecule has 0 saturated heterocycles. The molecular formula is C14H18O4. The second kappa shape index (κ2) is 5.29. The van der Waals surface area contributed by atoms with Crippen molar-refractivity contribution in [3.63, 3.8) is 0 Å². The summed E-state index contributed by atoms with van der Waals surface area (Å²) in [6.07, 6.45) is 2.38. The third kappa shape index (κ3) is 2.94. The standard InChI is InChI=1S/C14H18O4/c1-17-11-5-10(6-12(7-11)18-2)13(8-14(15)16)9-3-4-9/h5-7,9,13H,3-4,8H2,1-2H3,(H,15,16). The molecule has 1 aromatic carbocycles. The Hall–Kier alpha value is -1.71. The predicted octanol–water partition coefficient (Wildman–Crippen LogP) is 2.67. The fourth-order valence-electron chi connectivity index (χ4n) is 2.29. The van der Waals surface area contributed by atoms with Gasteiger partial charge in [0, 0.05) is 6.07 Å². The van der Waals surface area contributed by atoms with Crippen molar-refractivity contribution in [1.82, 2.24) is 0 Å². The van der Waals surface area contributed by atoms with E-state index in [0.717, 1.165) is 18.4 Å². The first-order valence-corrected chi connectivity index (χ1v) is 6.08. The van der Waals surface area contributed by atoms with Crippen molar-refractivity contribution in [3.8, 4) is 11.5 Å². The predicted molar refractivity (Wildman–Crippen MR) is 67.3 cm³/mol. The molecule has 4 nitrogen and oxygen atoms in total. The van der Waals surface area contributed by atoms with Crippen LogP contribution in [0.2, 0.25) is 0 Å². The van der Waals surface area contributed by atoms with Gasteiger partial charge in [-0.1, -0.05) is 0 Å². The number of aliphatic carboxylic acids is 1. The van der Waals surface area contributed by atoms with Crippen molar-refractivity contribution >= 4 is 5.97 Å². The summed E-state index contributed by atoms with van der Waals surface area (Å²) in [6, 6.07) is 5.62. The van der Waals surface area contributed by atoms with Crippen LogP contribution in [0.3, 0.4) is 0 Å². The summed E-state index contributed by atoms with van der Waals surface area (Å²) in [7, 11) is 3.20. The highest BCUT2D eigenvalue weighted by molar-refractivity contribution is 5.68. The molecular weight excluding hydrogens is 232 g/mol. The molecule has 18 heavy (non-hydrogen) atoms. The van der Waals surface area contributed by atoms with E-state index < -0.39 is 5.97 Å². The first kappa shape index (κ1) is 12.7. The summed E-state index contributed by atoms with van der Waals surface area (Å²) in [4.78, 5) is 11.0. The minimum absolute atomic E-state index is 0.0616. The van der Waals surface area contributed by atoms with Crippen LogP contribution in [-0.2, 0) is 4.79 Å². The molecule has 0 heterocycles. The van der Waals surface area contributed by atoms with Gasteiger partial charge < -0.3 is 14.6 Å².